The van der Waals surface area contributed by atoms with Gasteiger partial charge in [-0.25, -0.2) is 14.4 Å². The van der Waals surface area contributed by atoms with E-state index in [-0.39, 0.29) is 24.0 Å². The van der Waals surface area contributed by atoms with Gasteiger partial charge in [0.05, 0.1) is 30.2 Å². The van der Waals surface area contributed by atoms with E-state index in [0.717, 1.165) is 35.5 Å². The summed E-state index contributed by atoms with van der Waals surface area (Å²) in [4.78, 5) is 14.9. The predicted molar refractivity (Wildman–Crippen MR) is 115 cm³/mol. The molecule has 2 aromatic heterocycles. The molecule has 1 aliphatic carbocycles. The first-order valence-corrected chi connectivity index (χ1v) is 11.0. The minimum Gasteiger partial charge on any atom is -0.491 e. The van der Waals surface area contributed by atoms with Gasteiger partial charge < -0.3 is 19.8 Å². The molecule has 0 bridgehead atoms. The van der Waals surface area contributed by atoms with Crippen molar-refractivity contribution in [1.29, 1.82) is 0 Å². The maximum atomic E-state index is 13.9. The van der Waals surface area contributed by atoms with Gasteiger partial charge in [-0.1, -0.05) is 6.07 Å². The lowest BCUT2D eigenvalue weighted by Crippen LogP contribution is -2.54. The molecule has 0 radical (unpaired) electrons. The van der Waals surface area contributed by atoms with E-state index in [9.17, 15) is 4.39 Å². The van der Waals surface area contributed by atoms with Crippen LogP contribution in [-0.4, -0.2) is 58.3 Å². The Kier molecular flexibility index (Phi) is 4.57. The van der Waals surface area contributed by atoms with E-state index in [1.807, 2.05) is 6.07 Å². The number of ether oxygens (including phenoxy) is 2. The number of nitrogens with zero attached hydrogens (tertiary/aromatic N) is 3. The quantitative estimate of drug-likeness (QED) is 0.668. The first-order valence-electron chi connectivity index (χ1n) is 11.0. The van der Waals surface area contributed by atoms with Crippen LogP contribution in [0.2, 0.25) is 0 Å². The largest absolute Gasteiger partial charge is 0.491 e. The van der Waals surface area contributed by atoms with Crippen LogP contribution in [0.1, 0.15) is 43.0 Å². The number of aromatic nitrogens is 3. The Morgan fingerprint density at radius 1 is 1.23 bits per heavy atom. The van der Waals surface area contributed by atoms with Crippen LogP contribution in [0, 0.1) is 5.82 Å². The molecule has 0 amide bonds. The molecule has 1 saturated heterocycles. The van der Waals surface area contributed by atoms with Crippen molar-refractivity contribution in [2.24, 2.45) is 0 Å². The summed E-state index contributed by atoms with van der Waals surface area (Å²) in [6, 6.07) is 6.95. The molecule has 1 saturated carbocycles. The number of hydrogen-bond acceptors (Lipinski definition) is 6. The molecule has 2 aliphatic heterocycles. The van der Waals surface area contributed by atoms with Gasteiger partial charge in [-0.15, -0.1) is 0 Å². The summed E-state index contributed by atoms with van der Waals surface area (Å²) in [6.45, 7) is 4.94. The molecule has 3 aromatic rings. The Labute approximate surface area is 180 Å². The number of aromatic amines is 1. The molecule has 4 heterocycles. The van der Waals surface area contributed by atoms with Crippen molar-refractivity contribution in [2.45, 2.75) is 43.9 Å². The summed E-state index contributed by atoms with van der Waals surface area (Å²) in [5.41, 5.74) is 3.02. The molecular formula is C23H26FN5O2. The number of fused-ring (bicyclic) bond motifs is 2. The lowest BCUT2D eigenvalue weighted by Gasteiger charge is -2.43. The zero-order valence-electron chi connectivity index (χ0n) is 17.5. The SMILES string of the molecule is CC1CN(C2COc3cc(F)ccc3C2Nc2ncnc3[nH]c(C4CC4)cc23)CCO1. The number of rotatable bonds is 4. The Bertz CT molecular complexity index is 1110. The zero-order chi connectivity index (χ0) is 20.9. The third-order valence-corrected chi connectivity index (χ3v) is 6.60. The smallest absolute Gasteiger partial charge is 0.143 e. The van der Waals surface area contributed by atoms with Crippen LogP contribution in [0.25, 0.3) is 11.0 Å². The summed E-state index contributed by atoms with van der Waals surface area (Å²) < 4.78 is 25.6. The predicted octanol–water partition coefficient (Wildman–Crippen LogP) is 3.61. The summed E-state index contributed by atoms with van der Waals surface area (Å²) in [5, 5.41) is 4.67. The van der Waals surface area contributed by atoms with Crippen LogP contribution in [0.4, 0.5) is 10.2 Å². The average Bonchev–Trinajstić information content (AvgIpc) is 3.52. The summed E-state index contributed by atoms with van der Waals surface area (Å²) in [7, 11) is 0. The van der Waals surface area contributed by atoms with E-state index < -0.39 is 0 Å². The molecule has 3 aliphatic rings. The third-order valence-electron chi connectivity index (χ3n) is 6.60. The first kappa shape index (κ1) is 19.0. The molecule has 162 valence electrons. The second-order valence-corrected chi connectivity index (χ2v) is 8.84. The maximum Gasteiger partial charge on any atom is 0.143 e. The zero-order valence-corrected chi connectivity index (χ0v) is 17.5. The maximum absolute atomic E-state index is 13.9. The van der Waals surface area contributed by atoms with Gasteiger partial charge in [-0.3, -0.25) is 4.90 Å². The summed E-state index contributed by atoms with van der Waals surface area (Å²) in [5.74, 6) is 1.70. The number of halogens is 1. The molecule has 2 N–H and O–H groups in total. The van der Waals surface area contributed by atoms with Gasteiger partial charge in [-0.2, -0.15) is 0 Å². The van der Waals surface area contributed by atoms with Gasteiger partial charge in [0.1, 0.15) is 36.0 Å². The van der Waals surface area contributed by atoms with Crippen LogP contribution in [0.5, 0.6) is 5.75 Å². The Hall–Kier alpha value is -2.71. The van der Waals surface area contributed by atoms with Crippen molar-refractivity contribution < 1.29 is 13.9 Å². The first-order chi connectivity index (χ1) is 15.2. The fourth-order valence-electron chi connectivity index (χ4n) is 4.84. The fraction of sp³-hybridized carbons (Fsp3) is 0.478. The van der Waals surface area contributed by atoms with E-state index in [1.54, 1.807) is 6.33 Å². The second-order valence-electron chi connectivity index (χ2n) is 8.84. The second kappa shape index (κ2) is 7.46. The van der Waals surface area contributed by atoms with Crippen molar-refractivity contribution in [3.8, 4) is 5.75 Å². The van der Waals surface area contributed by atoms with Crippen molar-refractivity contribution in [2.75, 3.05) is 31.6 Å². The molecule has 2 fully saturated rings. The van der Waals surface area contributed by atoms with Crippen molar-refractivity contribution in [3.05, 3.63) is 47.7 Å². The van der Waals surface area contributed by atoms with Gasteiger partial charge in [0.15, 0.2) is 0 Å². The summed E-state index contributed by atoms with van der Waals surface area (Å²) >= 11 is 0. The average molecular weight is 423 g/mol. The monoisotopic (exact) mass is 423 g/mol. The number of anilines is 1. The van der Waals surface area contributed by atoms with Crippen molar-refractivity contribution >= 4 is 16.9 Å². The van der Waals surface area contributed by atoms with Gasteiger partial charge >= 0.3 is 0 Å². The van der Waals surface area contributed by atoms with E-state index >= 15 is 0 Å². The highest BCUT2D eigenvalue weighted by atomic mass is 19.1. The summed E-state index contributed by atoms with van der Waals surface area (Å²) in [6.07, 6.45) is 4.20. The van der Waals surface area contributed by atoms with Gasteiger partial charge in [0, 0.05) is 30.4 Å². The Balaban J connectivity index is 1.39. The molecule has 3 atom stereocenters. The van der Waals surface area contributed by atoms with Crippen LogP contribution in [0.15, 0.2) is 30.6 Å². The van der Waals surface area contributed by atoms with Crippen LogP contribution in [-0.2, 0) is 4.74 Å². The molecule has 31 heavy (non-hydrogen) atoms. The number of benzene rings is 1. The van der Waals surface area contributed by atoms with E-state index in [4.69, 9.17) is 9.47 Å². The molecule has 8 heteroatoms. The highest BCUT2D eigenvalue weighted by Crippen LogP contribution is 2.42. The lowest BCUT2D eigenvalue weighted by molar-refractivity contribution is -0.0465. The number of hydrogen-bond donors (Lipinski definition) is 2. The standard InChI is InChI=1S/C23H26FN5O2/c1-13-10-29(6-7-30-13)19-11-31-20-8-15(24)4-5-16(20)21(19)28-23-17-9-18(14-2-3-14)27-22(17)25-12-26-23/h4-5,8-9,12-14,19,21H,2-3,6-7,10-11H2,1H3,(H2,25,26,27,28). The van der Waals surface area contributed by atoms with Crippen molar-refractivity contribution in [1.82, 2.24) is 19.9 Å². The molecule has 0 spiro atoms. The normalized spacial score (nSPS) is 26.5. The van der Waals surface area contributed by atoms with Crippen molar-refractivity contribution in [3.63, 3.8) is 0 Å². The van der Waals surface area contributed by atoms with E-state index in [1.165, 1.54) is 30.7 Å². The molecule has 3 unspecified atom stereocenters. The highest BCUT2D eigenvalue weighted by Gasteiger charge is 2.37. The highest BCUT2D eigenvalue weighted by molar-refractivity contribution is 5.88. The molecule has 7 nitrogen and oxygen atoms in total. The van der Waals surface area contributed by atoms with Crippen LogP contribution >= 0.6 is 0 Å². The van der Waals surface area contributed by atoms with E-state index in [2.05, 4.69) is 38.2 Å². The lowest BCUT2D eigenvalue weighted by atomic mass is 9.94. The number of nitrogens with one attached hydrogen (secondary N) is 2. The number of morpholine rings is 1. The van der Waals surface area contributed by atoms with Gasteiger partial charge in [0.25, 0.3) is 0 Å². The van der Waals surface area contributed by atoms with Crippen LogP contribution in [0.3, 0.4) is 0 Å². The third kappa shape index (κ3) is 3.53. The fourth-order valence-corrected chi connectivity index (χ4v) is 4.84. The van der Waals surface area contributed by atoms with E-state index in [0.29, 0.717) is 24.9 Å². The topological polar surface area (TPSA) is 75.3 Å². The minimum atomic E-state index is -0.292. The van der Waals surface area contributed by atoms with Crippen LogP contribution < -0.4 is 10.1 Å². The van der Waals surface area contributed by atoms with Gasteiger partial charge in [0.2, 0.25) is 0 Å². The Morgan fingerprint density at radius 3 is 2.97 bits per heavy atom. The molecule has 6 rings (SSSR count). The minimum absolute atomic E-state index is 0.0798. The number of H-pyrrole nitrogens is 1. The van der Waals surface area contributed by atoms with Gasteiger partial charge in [-0.05, 0) is 37.8 Å². The molecular weight excluding hydrogens is 397 g/mol. The Morgan fingerprint density at radius 2 is 2.13 bits per heavy atom. The molecule has 1 aromatic carbocycles.